The van der Waals surface area contributed by atoms with E-state index in [1.165, 1.54) is 0 Å². The Balaban J connectivity index is 1.57. The number of carbonyl (C=O) groups is 3. The monoisotopic (exact) mass is 622 g/mol. The van der Waals surface area contributed by atoms with Crippen LogP contribution in [0.1, 0.15) is 73.7 Å². The summed E-state index contributed by atoms with van der Waals surface area (Å²) in [4.78, 5) is 42.7. The number of nitrogens with one attached hydrogen (secondary N) is 4. The molecule has 3 aliphatic heterocycles. The second-order valence-electron chi connectivity index (χ2n) is 12.1. The molecule has 5 heterocycles. The molecule has 1 fully saturated rings. The zero-order valence-electron chi connectivity index (χ0n) is 25.9. The van der Waals surface area contributed by atoms with Crippen LogP contribution in [0.3, 0.4) is 0 Å². The van der Waals surface area contributed by atoms with Crippen molar-refractivity contribution in [2.75, 3.05) is 5.75 Å². The summed E-state index contributed by atoms with van der Waals surface area (Å²) in [6.07, 6.45) is 5.92. The van der Waals surface area contributed by atoms with Crippen LogP contribution in [-0.4, -0.2) is 66.2 Å². The maximum Gasteiger partial charge on any atom is 0.303 e. The fourth-order valence-electron chi connectivity index (χ4n) is 6.72. The van der Waals surface area contributed by atoms with Gasteiger partial charge in [0.15, 0.2) is 5.88 Å². The molecule has 1 amide bonds. The molecule has 44 heavy (non-hydrogen) atoms. The van der Waals surface area contributed by atoms with Gasteiger partial charge in [-0.25, -0.2) is 0 Å². The summed E-state index contributed by atoms with van der Waals surface area (Å²) in [5, 5.41) is 37.6. The van der Waals surface area contributed by atoms with Gasteiger partial charge in [-0.05, 0) is 85.6 Å². The quantitative estimate of drug-likeness (QED) is 0.177. The van der Waals surface area contributed by atoms with Crippen molar-refractivity contribution in [1.82, 2.24) is 20.6 Å². The molecule has 11 heteroatoms. The van der Waals surface area contributed by atoms with E-state index >= 15 is 0 Å². The Morgan fingerprint density at radius 3 is 2.23 bits per heavy atom. The number of aliphatic hydroxyl groups is 1. The fraction of sp³-hybridized carbons (Fsp3) is 0.485. The normalized spacial score (nSPS) is 24.0. The van der Waals surface area contributed by atoms with Crippen molar-refractivity contribution in [2.24, 2.45) is 5.92 Å². The van der Waals surface area contributed by atoms with Gasteiger partial charge in [-0.3, -0.25) is 14.4 Å². The fourth-order valence-corrected chi connectivity index (χ4v) is 7.52. The second kappa shape index (κ2) is 12.6. The van der Waals surface area contributed by atoms with Crippen LogP contribution in [0, 0.1) is 19.8 Å². The molecule has 1 unspecified atom stereocenters. The first-order valence-electron chi connectivity index (χ1n) is 15.3. The summed E-state index contributed by atoms with van der Waals surface area (Å²) < 4.78 is 0. The first-order valence-corrected chi connectivity index (χ1v) is 16.3. The average molecular weight is 623 g/mol. The number of hydrogen-bond donors (Lipinski definition) is 7. The van der Waals surface area contributed by atoms with Crippen LogP contribution in [-0.2, 0) is 33.6 Å². The molecule has 10 nitrogen and oxygen atoms in total. The van der Waals surface area contributed by atoms with Crippen molar-refractivity contribution in [1.29, 1.82) is 0 Å². The summed E-state index contributed by atoms with van der Waals surface area (Å²) in [5.74, 6) is -0.478. The van der Waals surface area contributed by atoms with Crippen LogP contribution in [0.2, 0.25) is 0 Å². The van der Waals surface area contributed by atoms with Crippen LogP contribution in [0.5, 0.6) is 0 Å². The van der Waals surface area contributed by atoms with Gasteiger partial charge < -0.3 is 35.9 Å². The van der Waals surface area contributed by atoms with Crippen molar-refractivity contribution < 1.29 is 29.7 Å². The molecule has 0 bridgehead atoms. The molecule has 7 N–H and O–H groups in total. The van der Waals surface area contributed by atoms with E-state index in [2.05, 4.69) is 27.5 Å². The Bertz CT molecular complexity index is 1690. The number of aromatic nitrogens is 2. The van der Waals surface area contributed by atoms with Crippen LogP contribution in [0.15, 0.2) is 22.6 Å². The van der Waals surface area contributed by atoms with E-state index in [0.717, 1.165) is 73.2 Å². The first kappa shape index (κ1) is 31.6. The minimum absolute atomic E-state index is 0.0295. The smallest absolute Gasteiger partial charge is 0.303 e. The predicted molar refractivity (Wildman–Crippen MR) is 171 cm³/mol. The summed E-state index contributed by atoms with van der Waals surface area (Å²) in [7, 11) is 0. The van der Waals surface area contributed by atoms with Gasteiger partial charge in [0.25, 0.3) is 0 Å². The minimum atomic E-state index is -0.887. The van der Waals surface area contributed by atoms with Crippen molar-refractivity contribution in [3.8, 4) is 0 Å². The van der Waals surface area contributed by atoms with Gasteiger partial charge in [-0.1, -0.05) is 13.8 Å². The standard InChI is InChI=1S/C33H42N4O6S/c1-6-19-15(2)24(36-33(19)43)11-22-16(3)20(7-9-29(38)39)25(34-22)13-26-21(8-10-30(40)41)17(4)23(35-26)12-27-31(28-14-44-28)18(5)32(42)37-27/h11,13,15,24,27-28,34-36,43H,6-10,12,14H2,1-5H3,(H,37,42)(H,38,39)(H,40,41)/b22-11+,25-13-/t15?,24-,27+,28-/m1/s1. The van der Waals surface area contributed by atoms with E-state index in [4.69, 9.17) is 0 Å². The Morgan fingerprint density at radius 1 is 0.977 bits per heavy atom. The largest absolute Gasteiger partial charge is 0.495 e. The lowest BCUT2D eigenvalue weighted by Gasteiger charge is -2.14. The molecule has 0 saturated carbocycles. The molecule has 2 aromatic rings. The molecular formula is C33H42N4O6S. The Labute approximate surface area is 260 Å². The maximum atomic E-state index is 12.5. The molecule has 4 atom stereocenters. The zero-order valence-corrected chi connectivity index (χ0v) is 26.7. The van der Waals surface area contributed by atoms with Gasteiger partial charge in [0.2, 0.25) is 5.91 Å². The van der Waals surface area contributed by atoms with E-state index in [1.807, 2.05) is 51.6 Å². The number of hydrogen-bond acceptors (Lipinski definition) is 6. The summed E-state index contributed by atoms with van der Waals surface area (Å²) in [6.45, 7) is 9.92. The Hall–Kier alpha value is -3.86. The molecule has 0 aromatic carbocycles. The molecule has 1 saturated heterocycles. The van der Waals surface area contributed by atoms with Crippen molar-refractivity contribution in [3.05, 3.63) is 66.9 Å². The molecule has 3 aliphatic rings. The lowest BCUT2D eigenvalue weighted by Crippen LogP contribution is -2.32. The van der Waals surface area contributed by atoms with E-state index in [-0.39, 0.29) is 42.6 Å². The molecular weight excluding hydrogens is 580 g/mol. The molecule has 0 spiro atoms. The number of aromatic amines is 2. The molecule has 0 radical (unpaired) electrons. The van der Waals surface area contributed by atoms with Crippen molar-refractivity contribution in [2.45, 2.75) is 90.5 Å². The topological polar surface area (TPSA) is 168 Å². The average Bonchev–Trinajstić information content (AvgIpc) is 3.53. The van der Waals surface area contributed by atoms with Gasteiger partial charge >= 0.3 is 11.9 Å². The third-order valence-electron chi connectivity index (χ3n) is 9.40. The summed E-state index contributed by atoms with van der Waals surface area (Å²) in [5.41, 5.74) is 8.32. The zero-order chi connectivity index (χ0) is 31.9. The van der Waals surface area contributed by atoms with Crippen LogP contribution < -0.4 is 21.3 Å². The maximum absolute atomic E-state index is 12.5. The highest BCUT2D eigenvalue weighted by Gasteiger charge is 2.40. The van der Waals surface area contributed by atoms with Gasteiger partial charge in [-0.15, -0.1) is 0 Å². The molecule has 236 valence electrons. The van der Waals surface area contributed by atoms with Gasteiger partial charge in [0.1, 0.15) is 0 Å². The third kappa shape index (κ3) is 6.33. The molecule has 2 aromatic heterocycles. The van der Waals surface area contributed by atoms with Crippen LogP contribution in [0.25, 0.3) is 12.2 Å². The number of carboxylic acids is 2. The minimum Gasteiger partial charge on any atom is -0.495 e. The number of rotatable bonds is 12. The van der Waals surface area contributed by atoms with Crippen molar-refractivity contribution in [3.63, 3.8) is 0 Å². The summed E-state index contributed by atoms with van der Waals surface area (Å²) >= 11 is 1.83. The highest BCUT2D eigenvalue weighted by Crippen LogP contribution is 2.42. The van der Waals surface area contributed by atoms with Gasteiger partial charge in [0.05, 0.1) is 12.1 Å². The number of amides is 1. The number of carboxylic acid groups (broad SMARTS) is 2. The summed E-state index contributed by atoms with van der Waals surface area (Å²) in [6, 6.07) is -0.232. The predicted octanol–water partition coefficient (Wildman–Crippen LogP) is 2.86. The first-order chi connectivity index (χ1) is 20.9. The Morgan fingerprint density at radius 2 is 1.64 bits per heavy atom. The number of thioether (sulfide) groups is 1. The van der Waals surface area contributed by atoms with Crippen LogP contribution >= 0.6 is 11.8 Å². The highest BCUT2D eigenvalue weighted by atomic mass is 32.2. The number of aliphatic carboxylic acids is 2. The lowest BCUT2D eigenvalue weighted by molar-refractivity contribution is -0.138. The van der Waals surface area contributed by atoms with E-state index in [1.54, 1.807) is 0 Å². The number of H-pyrrole nitrogens is 2. The highest BCUT2D eigenvalue weighted by molar-refractivity contribution is 8.07. The third-order valence-corrected chi connectivity index (χ3v) is 10.3. The SMILES string of the molecule is CCC1=C(O)N[C@H](/C=c2/[nH]/c(=C\c3[nH]c(C[C@@H]4NC(=O)C(C)=C4[C@H]4CS4)c(C)c3CCC(=O)O)c(CCC(=O)O)c2C)C1C. The Kier molecular flexibility index (Phi) is 9.06. The van der Waals surface area contributed by atoms with Gasteiger partial charge in [0, 0.05) is 63.8 Å². The van der Waals surface area contributed by atoms with Gasteiger partial charge in [-0.2, -0.15) is 11.8 Å². The van der Waals surface area contributed by atoms with E-state index in [0.29, 0.717) is 24.5 Å². The van der Waals surface area contributed by atoms with Crippen molar-refractivity contribution >= 4 is 41.8 Å². The lowest BCUT2D eigenvalue weighted by atomic mass is 9.94. The molecule has 5 rings (SSSR count). The second-order valence-corrected chi connectivity index (χ2v) is 13.3. The number of carbonyl (C=O) groups excluding carboxylic acids is 1. The van der Waals surface area contributed by atoms with E-state index in [9.17, 15) is 29.7 Å². The van der Waals surface area contributed by atoms with Crippen LogP contribution in [0.4, 0.5) is 0 Å². The van der Waals surface area contributed by atoms with E-state index < -0.39 is 11.9 Å². The molecule has 0 aliphatic carbocycles. The number of aliphatic hydroxyl groups excluding tert-OH is 1.